The molecule has 7 rings (SSSR count). The number of methoxy groups -OCH3 is 1. The summed E-state index contributed by atoms with van der Waals surface area (Å²) in [6.45, 7) is -7.80. The average Bonchev–Trinajstić information content (AvgIpc) is 3.76. The molecule has 3 aliphatic heterocycles. The van der Waals surface area contributed by atoms with Crippen LogP contribution in [0.15, 0.2) is 25.3 Å². The molecule has 0 radical (unpaired) electrons. The Kier molecular flexibility index (Phi) is 8.12. The van der Waals surface area contributed by atoms with Crippen molar-refractivity contribution in [1.29, 1.82) is 0 Å². The molecule has 0 spiro atoms. The van der Waals surface area contributed by atoms with E-state index in [1.54, 1.807) is 11.5 Å². The van der Waals surface area contributed by atoms with Gasteiger partial charge >= 0.3 is 13.5 Å². The summed E-state index contributed by atoms with van der Waals surface area (Å²) < 4.78 is 58.2. The van der Waals surface area contributed by atoms with Gasteiger partial charge in [0.1, 0.15) is 59.8 Å². The molecule has 3 aliphatic rings. The predicted octanol–water partition coefficient (Wildman–Crippen LogP) is 0.463. The van der Waals surface area contributed by atoms with Crippen molar-refractivity contribution in [3.63, 3.8) is 0 Å². The lowest BCUT2D eigenvalue weighted by Crippen LogP contribution is -2.46. The molecule has 3 saturated heterocycles. The second-order valence-corrected chi connectivity index (χ2v) is 16.5. The first-order valence-electron chi connectivity index (χ1n) is 13.5. The van der Waals surface area contributed by atoms with E-state index in [2.05, 4.69) is 42.2 Å². The van der Waals surface area contributed by atoms with Crippen LogP contribution in [0.25, 0.3) is 22.3 Å². The number of nitrogens with two attached hydrogens (primary N) is 2. The van der Waals surface area contributed by atoms with E-state index in [-0.39, 0.29) is 22.8 Å². The van der Waals surface area contributed by atoms with Crippen LogP contribution in [0.5, 0.6) is 0 Å². The summed E-state index contributed by atoms with van der Waals surface area (Å²) in [6.07, 6.45) is -3.05. The van der Waals surface area contributed by atoms with Gasteiger partial charge in [-0.3, -0.25) is 22.7 Å². The number of rotatable bonds is 3. The number of ether oxygens (including phenoxy) is 3. The first-order chi connectivity index (χ1) is 21.8. The lowest BCUT2D eigenvalue weighted by Gasteiger charge is -2.33. The number of hydrogen-bond donors (Lipinski definition) is 5. The molecule has 7 heterocycles. The maximum Gasteiger partial charge on any atom is 0.386 e. The van der Waals surface area contributed by atoms with Gasteiger partial charge in [-0.1, -0.05) is 12.2 Å². The highest BCUT2D eigenvalue weighted by molar-refractivity contribution is 8.44. The topological polar surface area (TPSA) is 261 Å². The molecule has 3 fully saturated rings. The standard InChI is InChI=1S/C22H28N10O10P2S2/c1-22-4-38-44(35,46)41-13-12(33)9(39-20(13)31-7-29-10-16(23)25-5-27-18(10)31)3-37-43(34,45)42-15(22)14(36-2)21(40-22)32-8-30-11-17(24)26-6-28-19(11)32/h5-9,12-15,20-21,33H,3-4H2,1-2H3,(H,34,45)(H,35,46)(H2,23,25,27)(H2,24,26,28)/t9-,12-,13-,14-,15+,20-,21?,22-,43?,44?/m1/s1. The highest BCUT2D eigenvalue weighted by atomic mass is 32.7. The van der Waals surface area contributed by atoms with E-state index in [0.29, 0.717) is 11.2 Å². The molecular weight excluding hydrogens is 690 g/mol. The average molecular weight is 719 g/mol. The molecular formula is C22H28N10O10P2S2. The molecule has 24 heteroatoms. The number of thiol groups is 1. The minimum atomic E-state index is -4.25. The Labute approximate surface area is 269 Å². The van der Waals surface area contributed by atoms with Gasteiger partial charge in [-0.2, -0.15) is 0 Å². The van der Waals surface area contributed by atoms with Crippen molar-refractivity contribution in [2.24, 2.45) is 0 Å². The highest BCUT2D eigenvalue weighted by Gasteiger charge is 2.58. The fourth-order valence-electron chi connectivity index (χ4n) is 5.69. The van der Waals surface area contributed by atoms with Crippen LogP contribution in [0.4, 0.5) is 11.6 Å². The van der Waals surface area contributed by atoms with Crippen LogP contribution in [0.2, 0.25) is 0 Å². The molecule has 3 unspecified atom stereocenters. The Morgan fingerprint density at radius 3 is 2.24 bits per heavy atom. The summed E-state index contributed by atoms with van der Waals surface area (Å²) in [5.74, 6) is 0.254. The van der Waals surface area contributed by atoms with Gasteiger partial charge in [-0.15, -0.1) is 0 Å². The Morgan fingerprint density at radius 2 is 1.63 bits per heavy atom. The zero-order valence-electron chi connectivity index (χ0n) is 23.9. The van der Waals surface area contributed by atoms with E-state index in [4.69, 9.17) is 55.6 Å². The number of fused-ring (bicyclic) bond motifs is 5. The number of imidazole rings is 2. The molecule has 0 saturated carbocycles. The van der Waals surface area contributed by atoms with Crippen molar-refractivity contribution in [1.82, 2.24) is 39.0 Å². The second kappa shape index (κ2) is 11.6. The van der Waals surface area contributed by atoms with Crippen molar-refractivity contribution < 1.29 is 46.9 Å². The van der Waals surface area contributed by atoms with Gasteiger partial charge in [0.25, 0.3) is 0 Å². The summed E-state index contributed by atoms with van der Waals surface area (Å²) in [7, 11) is 1.39. The molecule has 2 bridgehead atoms. The summed E-state index contributed by atoms with van der Waals surface area (Å²) in [5.41, 5.74) is 11.5. The van der Waals surface area contributed by atoms with Gasteiger partial charge in [-0.05, 0) is 18.7 Å². The van der Waals surface area contributed by atoms with Crippen molar-refractivity contribution in [2.75, 3.05) is 31.8 Å². The lowest BCUT2D eigenvalue weighted by molar-refractivity contribution is -0.113. The number of aliphatic hydroxyl groups is 1. The van der Waals surface area contributed by atoms with Crippen LogP contribution in [-0.4, -0.2) is 105 Å². The Bertz CT molecular complexity index is 1900. The first kappa shape index (κ1) is 32.1. The fraction of sp³-hybridized carbons (Fsp3) is 0.545. The van der Waals surface area contributed by atoms with E-state index in [9.17, 15) is 14.6 Å². The van der Waals surface area contributed by atoms with Crippen molar-refractivity contribution in [3.05, 3.63) is 25.3 Å². The van der Waals surface area contributed by atoms with Crippen LogP contribution >= 0.6 is 25.8 Å². The van der Waals surface area contributed by atoms with Crippen LogP contribution < -0.4 is 11.5 Å². The van der Waals surface area contributed by atoms with Crippen LogP contribution in [0, 0.1) is 0 Å². The SMILES string of the molecule is CO[C@H]1C(n2cnc3c(N)ncnc32)O[C@]2(C)COP(O)(=S)O[C@@H]3[C@H](O)[C@@H](COP(=O)(S)O[C@@H]12)O[C@H]3n1cnc2c(N)ncnc21. The fourth-order valence-corrected chi connectivity index (χ4v) is 8.70. The summed E-state index contributed by atoms with van der Waals surface area (Å²) >= 11 is 9.59. The molecule has 0 aliphatic carbocycles. The molecule has 0 amide bonds. The third-order valence-corrected chi connectivity index (χ3v) is 11.0. The Morgan fingerprint density at radius 1 is 1.02 bits per heavy atom. The second-order valence-electron chi connectivity index (χ2n) is 10.8. The van der Waals surface area contributed by atoms with E-state index >= 15 is 0 Å². The van der Waals surface area contributed by atoms with E-state index < -0.39 is 75.3 Å². The van der Waals surface area contributed by atoms with Gasteiger partial charge in [0, 0.05) is 7.11 Å². The van der Waals surface area contributed by atoms with E-state index in [0.717, 1.165) is 0 Å². The van der Waals surface area contributed by atoms with Crippen LogP contribution in [-0.2, 0) is 48.7 Å². The predicted molar refractivity (Wildman–Crippen MR) is 163 cm³/mol. The molecule has 46 heavy (non-hydrogen) atoms. The quantitative estimate of drug-likeness (QED) is 0.142. The zero-order valence-corrected chi connectivity index (χ0v) is 27.4. The molecule has 20 nitrogen and oxygen atoms in total. The van der Waals surface area contributed by atoms with Gasteiger partial charge < -0.3 is 40.2 Å². The Balaban J connectivity index is 1.24. The summed E-state index contributed by atoms with van der Waals surface area (Å²) in [4.78, 5) is 36.2. The maximum absolute atomic E-state index is 13.7. The number of aromatic nitrogens is 8. The van der Waals surface area contributed by atoms with Crippen LogP contribution in [0.3, 0.4) is 0 Å². The van der Waals surface area contributed by atoms with Gasteiger partial charge in [0.15, 0.2) is 35.4 Å². The lowest BCUT2D eigenvalue weighted by atomic mass is 9.98. The third-order valence-electron chi connectivity index (χ3n) is 7.90. The number of anilines is 2. The number of hydrogen-bond acceptors (Lipinski definition) is 18. The maximum atomic E-state index is 13.7. The number of nitrogen functional groups attached to an aromatic ring is 2. The molecule has 4 aromatic rings. The van der Waals surface area contributed by atoms with Crippen molar-refractivity contribution in [3.8, 4) is 0 Å². The largest absolute Gasteiger partial charge is 0.387 e. The molecule has 248 valence electrons. The van der Waals surface area contributed by atoms with Gasteiger partial charge in [0.2, 0.25) is 0 Å². The number of nitrogens with zero attached hydrogens (tertiary/aromatic N) is 8. The van der Waals surface area contributed by atoms with Crippen LogP contribution in [0.1, 0.15) is 19.4 Å². The summed E-state index contributed by atoms with van der Waals surface area (Å²) in [6, 6.07) is 0. The monoisotopic (exact) mass is 718 g/mol. The first-order valence-corrected chi connectivity index (χ1v) is 18.8. The highest BCUT2D eigenvalue weighted by Crippen LogP contribution is 2.60. The van der Waals surface area contributed by atoms with Gasteiger partial charge in [-0.25, -0.2) is 34.5 Å². The summed E-state index contributed by atoms with van der Waals surface area (Å²) in [5, 5.41) is 11.3. The molecule has 6 N–H and O–H groups in total. The molecule has 10 atom stereocenters. The van der Waals surface area contributed by atoms with E-state index in [1.807, 2.05) is 0 Å². The third kappa shape index (κ3) is 5.50. The normalized spacial score (nSPS) is 38.8. The Hall–Kier alpha value is -2.43. The zero-order chi connectivity index (χ0) is 32.6. The van der Waals surface area contributed by atoms with Crippen molar-refractivity contribution in [2.45, 2.75) is 55.5 Å². The number of aliphatic hydroxyl groups excluding tert-OH is 1. The van der Waals surface area contributed by atoms with E-state index in [1.165, 1.54) is 37.0 Å². The molecule has 4 aromatic heterocycles. The van der Waals surface area contributed by atoms with Gasteiger partial charge in [0.05, 0.1) is 25.9 Å². The minimum absolute atomic E-state index is 0.109. The minimum Gasteiger partial charge on any atom is -0.387 e. The smallest absolute Gasteiger partial charge is 0.386 e. The molecule has 0 aromatic carbocycles. The van der Waals surface area contributed by atoms with Crippen molar-refractivity contribution >= 4 is 71.5 Å².